The SMILES string of the molecule is Cc1nc2c(N3[C@@H](C)CN(C(=O)OC(C)(C)C)C[C@@H]3C)nc(OC[C@@H]3CCCN3C)nc2c(=O)n1-c1cccc2cccc(Cl)c12. The van der Waals surface area contributed by atoms with Crippen LogP contribution in [0.4, 0.5) is 10.6 Å². The first-order chi connectivity index (χ1) is 21.8. The summed E-state index contributed by atoms with van der Waals surface area (Å²) in [7, 11) is 2.09. The monoisotopic (exact) mass is 647 g/mol. The van der Waals surface area contributed by atoms with Gasteiger partial charge < -0.3 is 24.2 Å². The van der Waals surface area contributed by atoms with Gasteiger partial charge in [-0.1, -0.05) is 35.9 Å². The standard InChI is InChI=1S/C34H42ClN7O4/c1-20-17-40(33(44)46-34(4,5)6)18-21(2)41(20)30-28-29(37-32(38-30)45-19-24-13-10-16-39(24)7)31(43)42(22(3)36-28)26-15-9-12-23-11-8-14-25(35)27(23)26/h8-9,11-12,14-15,20-21,24H,10,13,16-19H2,1-7H3/t20-,21-,24-/m0/s1. The molecule has 2 fully saturated rings. The van der Waals surface area contributed by atoms with Gasteiger partial charge in [-0.25, -0.2) is 9.78 Å². The van der Waals surface area contributed by atoms with Crippen LogP contribution in [0.2, 0.25) is 5.02 Å². The van der Waals surface area contributed by atoms with Crippen LogP contribution in [-0.4, -0.2) is 92.4 Å². The maximum absolute atomic E-state index is 14.5. The van der Waals surface area contributed by atoms with Gasteiger partial charge in [0.25, 0.3) is 5.56 Å². The Balaban J connectivity index is 1.47. The van der Waals surface area contributed by atoms with Gasteiger partial charge in [0, 0.05) is 36.6 Å². The van der Waals surface area contributed by atoms with Crippen molar-refractivity contribution in [2.75, 3.05) is 38.2 Å². The topological polar surface area (TPSA) is 106 Å². The summed E-state index contributed by atoms with van der Waals surface area (Å²) in [4.78, 5) is 48.1. The first-order valence-electron chi connectivity index (χ1n) is 15.9. The highest BCUT2D eigenvalue weighted by Crippen LogP contribution is 2.33. The van der Waals surface area contributed by atoms with E-state index in [1.807, 2.05) is 71.0 Å². The number of likely N-dealkylation sites (tertiary alicyclic amines) is 1. The van der Waals surface area contributed by atoms with Crippen LogP contribution in [0.25, 0.3) is 27.5 Å². The molecule has 3 atom stereocenters. The van der Waals surface area contributed by atoms with Gasteiger partial charge in [-0.05, 0) is 85.5 Å². The van der Waals surface area contributed by atoms with E-state index in [4.69, 9.17) is 31.0 Å². The second-order valence-electron chi connectivity index (χ2n) is 13.5. The summed E-state index contributed by atoms with van der Waals surface area (Å²) in [6.45, 7) is 13.7. The molecule has 2 aliphatic heterocycles. The molecule has 4 aromatic rings. The number of likely N-dealkylation sites (N-methyl/N-ethyl adjacent to an activating group) is 1. The van der Waals surface area contributed by atoms with Crippen molar-refractivity contribution in [3.63, 3.8) is 0 Å². The van der Waals surface area contributed by atoms with Crippen molar-refractivity contribution in [1.82, 2.24) is 29.3 Å². The zero-order chi connectivity index (χ0) is 32.9. The molecule has 0 radical (unpaired) electrons. The van der Waals surface area contributed by atoms with E-state index in [0.29, 0.717) is 47.6 Å². The molecule has 6 rings (SSSR count). The number of carbonyl (C=O) groups excluding carboxylic acids is 1. The number of anilines is 1. The molecule has 2 saturated heterocycles. The van der Waals surface area contributed by atoms with E-state index in [9.17, 15) is 9.59 Å². The lowest BCUT2D eigenvalue weighted by Crippen LogP contribution is -2.59. The molecule has 0 N–H and O–H groups in total. The summed E-state index contributed by atoms with van der Waals surface area (Å²) < 4.78 is 13.5. The van der Waals surface area contributed by atoms with E-state index in [1.54, 1.807) is 16.4 Å². The molecule has 12 heteroatoms. The molecule has 0 bridgehead atoms. The van der Waals surface area contributed by atoms with Crippen molar-refractivity contribution < 1.29 is 14.3 Å². The molecule has 11 nitrogen and oxygen atoms in total. The molecule has 0 spiro atoms. The summed E-state index contributed by atoms with van der Waals surface area (Å²) in [5, 5.41) is 2.21. The minimum Gasteiger partial charge on any atom is -0.462 e. The summed E-state index contributed by atoms with van der Waals surface area (Å²) in [5.74, 6) is 0.982. The van der Waals surface area contributed by atoms with E-state index < -0.39 is 5.60 Å². The Hall–Kier alpha value is -3.96. The zero-order valence-electron chi connectivity index (χ0n) is 27.6. The van der Waals surface area contributed by atoms with Gasteiger partial charge in [0.1, 0.15) is 23.5 Å². The summed E-state index contributed by atoms with van der Waals surface area (Å²) in [6.07, 6.45) is 1.77. The van der Waals surface area contributed by atoms with Crippen molar-refractivity contribution >= 4 is 45.3 Å². The van der Waals surface area contributed by atoms with E-state index in [0.717, 1.165) is 30.2 Å². The predicted octanol–water partition coefficient (Wildman–Crippen LogP) is 5.60. The number of carbonyl (C=O) groups is 1. The van der Waals surface area contributed by atoms with Gasteiger partial charge in [0.05, 0.1) is 10.7 Å². The van der Waals surface area contributed by atoms with Crippen LogP contribution >= 0.6 is 11.6 Å². The van der Waals surface area contributed by atoms with Crippen LogP contribution in [0.5, 0.6) is 6.01 Å². The van der Waals surface area contributed by atoms with Crippen LogP contribution in [0.1, 0.15) is 53.3 Å². The number of benzene rings is 2. The Labute approximate surface area is 274 Å². The van der Waals surface area contributed by atoms with E-state index >= 15 is 0 Å². The molecule has 244 valence electrons. The lowest BCUT2D eigenvalue weighted by molar-refractivity contribution is 0.0192. The van der Waals surface area contributed by atoms with E-state index in [-0.39, 0.29) is 41.3 Å². The number of piperazine rings is 1. The molecule has 0 aliphatic carbocycles. The number of halogens is 1. The average molecular weight is 648 g/mol. The fourth-order valence-corrected chi connectivity index (χ4v) is 6.99. The van der Waals surface area contributed by atoms with Gasteiger partial charge in [-0.15, -0.1) is 0 Å². The second kappa shape index (κ2) is 12.3. The number of amides is 1. The van der Waals surface area contributed by atoms with Gasteiger partial charge in [0.15, 0.2) is 11.3 Å². The highest BCUT2D eigenvalue weighted by Gasteiger charge is 2.37. The number of ether oxygens (including phenoxy) is 2. The lowest BCUT2D eigenvalue weighted by Gasteiger charge is -2.45. The number of hydrogen-bond donors (Lipinski definition) is 0. The maximum Gasteiger partial charge on any atom is 0.410 e. The highest BCUT2D eigenvalue weighted by atomic mass is 35.5. The van der Waals surface area contributed by atoms with Crippen LogP contribution in [0.15, 0.2) is 41.2 Å². The van der Waals surface area contributed by atoms with E-state index in [1.165, 1.54) is 0 Å². The minimum atomic E-state index is -0.598. The summed E-state index contributed by atoms with van der Waals surface area (Å²) in [6, 6.07) is 11.4. The third-order valence-electron chi connectivity index (χ3n) is 8.81. The number of nitrogens with zero attached hydrogens (tertiary/aromatic N) is 7. The fourth-order valence-electron chi connectivity index (χ4n) is 6.71. The predicted molar refractivity (Wildman–Crippen MR) is 181 cm³/mol. The van der Waals surface area contributed by atoms with Crippen LogP contribution in [-0.2, 0) is 4.74 Å². The molecule has 2 aromatic heterocycles. The smallest absolute Gasteiger partial charge is 0.410 e. The summed E-state index contributed by atoms with van der Waals surface area (Å²) >= 11 is 6.67. The first kappa shape index (κ1) is 32.0. The Morgan fingerprint density at radius 3 is 2.37 bits per heavy atom. The molecule has 0 unspecified atom stereocenters. The molecule has 2 aliphatic rings. The molecular formula is C34H42ClN7O4. The Morgan fingerprint density at radius 1 is 1.02 bits per heavy atom. The van der Waals surface area contributed by atoms with Gasteiger partial charge in [0.2, 0.25) is 0 Å². The minimum absolute atomic E-state index is 0.127. The Morgan fingerprint density at radius 2 is 1.72 bits per heavy atom. The maximum atomic E-state index is 14.5. The Kier molecular flexibility index (Phi) is 8.58. The second-order valence-corrected chi connectivity index (χ2v) is 13.9. The van der Waals surface area contributed by atoms with Crippen LogP contribution < -0.4 is 15.2 Å². The van der Waals surface area contributed by atoms with Gasteiger partial charge in [-0.2, -0.15) is 9.97 Å². The number of rotatable bonds is 5. The largest absolute Gasteiger partial charge is 0.462 e. The van der Waals surface area contributed by atoms with E-state index in [2.05, 4.69) is 21.8 Å². The fraction of sp³-hybridized carbons (Fsp3) is 0.500. The van der Waals surface area contributed by atoms with Crippen molar-refractivity contribution in [3.05, 3.63) is 57.6 Å². The molecule has 2 aromatic carbocycles. The molecular weight excluding hydrogens is 606 g/mol. The quantitative estimate of drug-likeness (QED) is 0.274. The molecule has 4 heterocycles. The zero-order valence-corrected chi connectivity index (χ0v) is 28.3. The third kappa shape index (κ3) is 6.10. The first-order valence-corrected chi connectivity index (χ1v) is 16.3. The van der Waals surface area contributed by atoms with Crippen LogP contribution in [0, 0.1) is 6.92 Å². The third-order valence-corrected chi connectivity index (χ3v) is 9.13. The molecule has 46 heavy (non-hydrogen) atoms. The normalized spacial score (nSPS) is 20.9. The van der Waals surface area contributed by atoms with Gasteiger partial charge >= 0.3 is 12.1 Å². The number of hydrogen-bond acceptors (Lipinski definition) is 9. The summed E-state index contributed by atoms with van der Waals surface area (Å²) in [5.41, 5.74) is 0.235. The lowest BCUT2D eigenvalue weighted by atomic mass is 10.1. The number of aryl methyl sites for hydroxylation is 1. The van der Waals surface area contributed by atoms with Crippen molar-refractivity contribution in [2.24, 2.45) is 0 Å². The van der Waals surface area contributed by atoms with Crippen molar-refractivity contribution in [2.45, 2.75) is 78.1 Å². The molecule has 0 saturated carbocycles. The van der Waals surface area contributed by atoms with Crippen molar-refractivity contribution in [3.8, 4) is 11.7 Å². The Bertz CT molecular complexity index is 1840. The highest BCUT2D eigenvalue weighted by molar-refractivity contribution is 6.36. The van der Waals surface area contributed by atoms with Gasteiger partial charge in [-0.3, -0.25) is 9.36 Å². The average Bonchev–Trinajstić information content (AvgIpc) is 3.39. The number of fused-ring (bicyclic) bond motifs is 2. The molecule has 1 amide bonds. The van der Waals surface area contributed by atoms with Crippen molar-refractivity contribution in [1.29, 1.82) is 0 Å². The number of aromatic nitrogens is 4. The van der Waals surface area contributed by atoms with Crippen LogP contribution in [0.3, 0.4) is 0 Å².